The fourth-order valence-corrected chi connectivity index (χ4v) is 6.86. The number of cyclic esters (lactones) is 1. The van der Waals surface area contributed by atoms with Crippen LogP contribution >= 0.6 is 0 Å². The van der Waals surface area contributed by atoms with Crippen LogP contribution in [-0.2, 0) is 43.1 Å². The number of carbonyl (C=O) groups excluding carboxylic acids is 8. The SMILES string of the molecule is CC(C)CC(=O)NC(C(=O)NC1C(=O)NC(CC(C)C)C(=O)N2CCCC2C(=O)NC(C(C)C)C(=O)NC(C(C)C)C(=O)NC(C(C)C)C(=O)OC1C)C(C)C. The van der Waals surface area contributed by atoms with E-state index in [2.05, 4.69) is 31.9 Å². The highest BCUT2D eigenvalue weighted by molar-refractivity contribution is 5.98. The molecule has 2 aliphatic rings. The van der Waals surface area contributed by atoms with Crippen molar-refractivity contribution < 1.29 is 43.1 Å². The Balaban J connectivity index is 2.71. The number of carbonyl (C=O) groups is 8. The number of hydrogen-bond donors (Lipinski definition) is 6. The highest BCUT2D eigenvalue weighted by Gasteiger charge is 2.43. The Morgan fingerprint density at radius 2 is 1.23 bits per heavy atom. The number of ether oxygens (including phenoxy) is 1. The van der Waals surface area contributed by atoms with Gasteiger partial charge in [0.05, 0.1) is 0 Å². The number of nitrogens with zero attached hydrogens (tertiary/aromatic N) is 1. The highest BCUT2D eigenvalue weighted by atomic mass is 16.5. The third-order valence-corrected chi connectivity index (χ3v) is 10.1. The van der Waals surface area contributed by atoms with Crippen molar-refractivity contribution in [3.05, 3.63) is 0 Å². The van der Waals surface area contributed by atoms with Gasteiger partial charge < -0.3 is 41.5 Å². The summed E-state index contributed by atoms with van der Waals surface area (Å²) >= 11 is 0. The first-order valence-corrected chi connectivity index (χ1v) is 20.3. The standard InChI is InChI=1S/C40H69N7O9/c1-19(2)17-26-39(54)47-16-14-15-27(47)34(49)43-30(22(7)8)36(51)44-31(23(9)10)37(52)45-32(24(11)12)40(55)56-25(13)33(38(53)41-26)46-35(50)29(21(5)6)42-28(48)18-20(3)4/h19-27,29-33H,14-18H2,1-13H3,(H,41,53)(H,42,48)(H,43,49)(H,44,51)(H,45,52)(H,46,50). The zero-order valence-electron chi connectivity index (χ0n) is 35.7. The van der Waals surface area contributed by atoms with Gasteiger partial charge in [0.1, 0.15) is 48.4 Å². The molecule has 2 fully saturated rings. The van der Waals surface area contributed by atoms with Crippen molar-refractivity contribution in [2.45, 2.75) is 164 Å². The highest BCUT2D eigenvalue weighted by Crippen LogP contribution is 2.22. The molecule has 8 atom stereocenters. The Hall–Kier alpha value is -4.24. The zero-order valence-corrected chi connectivity index (χ0v) is 35.7. The largest absolute Gasteiger partial charge is 0.458 e. The third kappa shape index (κ3) is 13.5. The summed E-state index contributed by atoms with van der Waals surface area (Å²) < 4.78 is 5.83. The predicted octanol–water partition coefficient (Wildman–Crippen LogP) is 1.55. The molecule has 2 aliphatic heterocycles. The van der Waals surface area contributed by atoms with Gasteiger partial charge in [-0.1, -0.05) is 83.1 Å². The number of nitrogens with one attached hydrogen (secondary N) is 6. The molecule has 7 amide bonds. The molecular formula is C40H69N7O9. The summed E-state index contributed by atoms with van der Waals surface area (Å²) in [6.45, 7) is 22.9. The van der Waals surface area contributed by atoms with Gasteiger partial charge in [0.25, 0.3) is 0 Å². The normalized spacial score (nSPS) is 26.9. The summed E-state index contributed by atoms with van der Waals surface area (Å²) in [5.41, 5.74) is 0. The van der Waals surface area contributed by atoms with Crippen molar-refractivity contribution in [2.75, 3.05) is 6.54 Å². The second-order valence-electron chi connectivity index (χ2n) is 17.6. The van der Waals surface area contributed by atoms with Gasteiger partial charge in [-0.3, -0.25) is 33.6 Å². The van der Waals surface area contributed by atoms with Gasteiger partial charge in [-0.05, 0) is 61.7 Å². The first-order chi connectivity index (χ1) is 26.0. The molecule has 2 saturated heterocycles. The fraction of sp³-hybridized carbons (Fsp3) is 0.800. The molecular weight excluding hydrogens is 722 g/mol. The van der Waals surface area contributed by atoms with Crippen molar-refractivity contribution in [1.29, 1.82) is 0 Å². The van der Waals surface area contributed by atoms with Crippen molar-refractivity contribution in [3.63, 3.8) is 0 Å². The van der Waals surface area contributed by atoms with E-state index in [-0.39, 0.29) is 37.1 Å². The van der Waals surface area contributed by atoms with E-state index in [1.807, 2.05) is 27.7 Å². The number of fused-ring (bicyclic) bond motifs is 1. The third-order valence-electron chi connectivity index (χ3n) is 10.1. The summed E-state index contributed by atoms with van der Waals surface area (Å²) in [6.07, 6.45) is -0.157. The molecule has 0 bridgehead atoms. The lowest BCUT2D eigenvalue weighted by molar-refractivity contribution is -0.157. The minimum absolute atomic E-state index is 0.0250. The molecule has 56 heavy (non-hydrogen) atoms. The van der Waals surface area contributed by atoms with E-state index >= 15 is 0 Å². The minimum atomic E-state index is -1.55. The molecule has 0 spiro atoms. The average Bonchev–Trinajstić information content (AvgIpc) is 3.57. The van der Waals surface area contributed by atoms with Crippen LogP contribution in [0.1, 0.15) is 116 Å². The first kappa shape index (κ1) is 47.9. The fourth-order valence-electron chi connectivity index (χ4n) is 6.86. The van der Waals surface area contributed by atoms with Crippen LogP contribution < -0.4 is 31.9 Å². The van der Waals surface area contributed by atoms with E-state index in [9.17, 15) is 38.4 Å². The Bertz CT molecular complexity index is 1430. The van der Waals surface area contributed by atoms with Gasteiger partial charge >= 0.3 is 5.97 Å². The summed E-state index contributed by atoms with van der Waals surface area (Å²) in [5.74, 6) is -6.90. The quantitative estimate of drug-likeness (QED) is 0.167. The minimum Gasteiger partial charge on any atom is -0.458 e. The number of amides is 7. The van der Waals surface area contributed by atoms with Gasteiger partial charge in [-0.15, -0.1) is 0 Å². The summed E-state index contributed by atoms with van der Waals surface area (Å²) in [7, 11) is 0. The molecule has 2 heterocycles. The van der Waals surface area contributed by atoms with Gasteiger partial charge in [-0.2, -0.15) is 0 Å². The van der Waals surface area contributed by atoms with Crippen LogP contribution in [-0.4, -0.2) is 107 Å². The summed E-state index contributed by atoms with van der Waals surface area (Å²) in [6, 6.07) is -8.05. The molecule has 0 aromatic carbocycles. The van der Waals surface area contributed by atoms with Crippen LogP contribution in [0.3, 0.4) is 0 Å². The van der Waals surface area contributed by atoms with Crippen LogP contribution in [0.4, 0.5) is 0 Å². The second kappa shape index (κ2) is 21.3. The van der Waals surface area contributed by atoms with E-state index in [1.165, 1.54) is 11.8 Å². The lowest BCUT2D eigenvalue weighted by Crippen LogP contribution is -2.62. The maximum absolute atomic E-state index is 14.3. The molecule has 16 heteroatoms. The number of hydrogen-bond acceptors (Lipinski definition) is 9. The van der Waals surface area contributed by atoms with Crippen LogP contribution in [0.5, 0.6) is 0 Å². The van der Waals surface area contributed by atoms with Crippen LogP contribution in [0.15, 0.2) is 0 Å². The molecule has 16 nitrogen and oxygen atoms in total. The molecule has 8 unspecified atom stereocenters. The summed E-state index contributed by atoms with van der Waals surface area (Å²) in [5, 5.41) is 16.5. The molecule has 0 aliphatic carbocycles. The predicted molar refractivity (Wildman–Crippen MR) is 210 cm³/mol. The van der Waals surface area contributed by atoms with Gasteiger partial charge in [0.15, 0.2) is 0 Å². The lowest BCUT2D eigenvalue weighted by atomic mass is 9.98. The van der Waals surface area contributed by atoms with Crippen LogP contribution in [0.2, 0.25) is 0 Å². The van der Waals surface area contributed by atoms with E-state index < -0.39 is 113 Å². The van der Waals surface area contributed by atoms with Gasteiger partial charge in [-0.25, -0.2) is 4.79 Å². The zero-order chi connectivity index (χ0) is 42.8. The molecule has 2 rings (SSSR count). The molecule has 0 radical (unpaired) electrons. The van der Waals surface area contributed by atoms with Crippen LogP contribution in [0.25, 0.3) is 0 Å². The van der Waals surface area contributed by atoms with Crippen LogP contribution in [0, 0.1) is 35.5 Å². The van der Waals surface area contributed by atoms with Gasteiger partial charge in [0, 0.05) is 13.0 Å². The van der Waals surface area contributed by atoms with Crippen molar-refractivity contribution in [1.82, 2.24) is 36.8 Å². The number of esters is 1. The lowest BCUT2D eigenvalue weighted by Gasteiger charge is -2.33. The van der Waals surface area contributed by atoms with E-state index in [4.69, 9.17) is 4.74 Å². The topological polar surface area (TPSA) is 221 Å². The number of rotatable bonds is 11. The van der Waals surface area contributed by atoms with Gasteiger partial charge in [0.2, 0.25) is 41.4 Å². The first-order valence-electron chi connectivity index (χ1n) is 20.3. The smallest absolute Gasteiger partial charge is 0.329 e. The summed E-state index contributed by atoms with van der Waals surface area (Å²) in [4.78, 5) is 112. The Morgan fingerprint density at radius 3 is 1.71 bits per heavy atom. The molecule has 6 N–H and O–H groups in total. The Kier molecular flexibility index (Phi) is 18.2. The Morgan fingerprint density at radius 1 is 0.714 bits per heavy atom. The van der Waals surface area contributed by atoms with E-state index in [0.717, 1.165) is 0 Å². The second-order valence-corrected chi connectivity index (χ2v) is 17.6. The van der Waals surface area contributed by atoms with Crippen molar-refractivity contribution >= 4 is 47.3 Å². The van der Waals surface area contributed by atoms with E-state index in [1.54, 1.807) is 55.4 Å². The van der Waals surface area contributed by atoms with Crippen molar-refractivity contribution in [3.8, 4) is 0 Å². The maximum Gasteiger partial charge on any atom is 0.329 e. The molecule has 0 saturated carbocycles. The Labute approximate surface area is 332 Å². The molecule has 0 aromatic heterocycles. The average molecular weight is 792 g/mol. The van der Waals surface area contributed by atoms with E-state index in [0.29, 0.717) is 12.8 Å². The monoisotopic (exact) mass is 792 g/mol. The molecule has 318 valence electrons. The molecule has 0 aromatic rings. The van der Waals surface area contributed by atoms with Crippen molar-refractivity contribution in [2.24, 2.45) is 35.5 Å². The maximum atomic E-state index is 14.3.